The van der Waals surface area contributed by atoms with E-state index in [0.717, 1.165) is 17.5 Å². The molecule has 15 heavy (non-hydrogen) atoms. The Balaban J connectivity index is 3.24. The molecule has 0 spiro atoms. The van der Waals surface area contributed by atoms with Gasteiger partial charge >= 0.3 is 0 Å². The van der Waals surface area contributed by atoms with E-state index in [-0.39, 0.29) is 5.92 Å². The molecule has 0 saturated heterocycles. The van der Waals surface area contributed by atoms with Gasteiger partial charge in [0.2, 0.25) is 0 Å². The molecular weight excluding hydrogens is 208 g/mol. The van der Waals surface area contributed by atoms with Crippen molar-refractivity contribution in [2.45, 2.75) is 27.2 Å². The highest BCUT2D eigenvalue weighted by Crippen LogP contribution is 2.27. The molecule has 82 valence electrons. The fraction of sp³-hybridized carbons (Fsp3) is 0.417. The number of hydrogen-bond acceptors (Lipinski definition) is 2. The average molecular weight is 225 g/mol. The first kappa shape index (κ1) is 12.1. The van der Waals surface area contributed by atoms with Crippen LogP contribution in [0.3, 0.4) is 0 Å². The monoisotopic (exact) mass is 224 g/mol. The van der Waals surface area contributed by atoms with Crippen LogP contribution in [0, 0.1) is 18.3 Å². The quantitative estimate of drug-likeness (QED) is 0.598. The molecule has 3 heteroatoms. The van der Waals surface area contributed by atoms with E-state index in [1.807, 2.05) is 13.8 Å². The van der Waals surface area contributed by atoms with Crippen molar-refractivity contribution in [3.63, 3.8) is 0 Å². The van der Waals surface area contributed by atoms with Gasteiger partial charge in [-0.1, -0.05) is 25.4 Å². The van der Waals surface area contributed by atoms with Gasteiger partial charge in [-0.25, -0.2) is 0 Å². The molecule has 0 bridgehead atoms. The van der Waals surface area contributed by atoms with Gasteiger partial charge in [0.15, 0.2) is 0 Å². The Hall–Kier alpha value is -1.02. The Morgan fingerprint density at radius 2 is 2.13 bits per heavy atom. The summed E-state index contributed by atoms with van der Waals surface area (Å²) in [5.74, 6) is 0.211. The molecule has 0 aliphatic heterocycles. The van der Waals surface area contributed by atoms with E-state index in [0.29, 0.717) is 16.4 Å². The van der Waals surface area contributed by atoms with Gasteiger partial charge in [-0.05, 0) is 37.0 Å². The van der Waals surface area contributed by atoms with Crippen molar-refractivity contribution < 1.29 is 0 Å². The second-order valence-electron chi connectivity index (χ2n) is 3.86. The van der Waals surface area contributed by atoms with Crippen molar-refractivity contribution in [2.24, 2.45) is 5.92 Å². The molecular formula is C12H17ClN2. The topological polar surface area (TPSA) is 49.9 Å². The lowest BCUT2D eigenvalue weighted by molar-refractivity contribution is 0.735. The summed E-state index contributed by atoms with van der Waals surface area (Å²) in [5.41, 5.74) is 8.79. The fourth-order valence-electron chi connectivity index (χ4n) is 1.48. The van der Waals surface area contributed by atoms with Crippen LogP contribution in [0.15, 0.2) is 12.1 Å². The summed E-state index contributed by atoms with van der Waals surface area (Å²) in [7, 11) is 0. The fourth-order valence-corrected chi connectivity index (χ4v) is 1.78. The highest BCUT2D eigenvalue weighted by Gasteiger charge is 2.16. The lowest BCUT2D eigenvalue weighted by atomic mass is 9.92. The van der Waals surface area contributed by atoms with E-state index in [1.165, 1.54) is 0 Å². The van der Waals surface area contributed by atoms with E-state index in [1.54, 1.807) is 12.1 Å². The molecule has 1 rings (SSSR count). The predicted octanol–water partition coefficient (Wildman–Crippen LogP) is 3.64. The lowest BCUT2D eigenvalue weighted by Crippen LogP contribution is -2.13. The van der Waals surface area contributed by atoms with Crippen LogP contribution in [-0.4, -0.2) is 5.71 Å². The minimum atomic E-state index is 0.211. The normalized spacial score (nSPS) is 12.5. The second-order valence-corrected chi connectivity index (χ2v) is 4.27. The van der Waals surface area contributed by atoms with Gasteiger partial charge in [-0.2, -0.15) is 0 Å². The van der Waals surface area contributed by atoms with Gasteiger partial charge in [0.1, 0.15) is 0 Å². The molecule has 2 nitrogen and oxygen atoms in total. The minimum absolute atomic E-state index is 0.211. The number of nitrogen functional groups attached to an aromatic ring is 1. The van der Waals surface area contributed by atoms with Crippen molar-refractivity contribution in [1.82, 2.24) is 0 Å². The van der Waals surface area contributed by atoms with Crippen molar-refractivity contribution in [2.75, 3.05) is 5.73 Å². The first-order valence-corrected chi connectivity index (χ1v) is 5.50. The highest BCUT2D eigenvalue weighted by molar-refractivity contribution is 6.34. The zero-order chi connectivity index (χ0) is 11.6. The number of nitrogens with two attached hydrogens (primary N) is 1. The Morgan fingerprint density at radius 3 is 2.67 bits per heavy atom. The Kier molecular flexibility index (Phi) is 3.75. The molecule has 0 heterocycles. The Labute approximate surface area is 95.9 Å². The van der Waals surface area contributed by atoms with Crippen LogP contribution in [0.2, 0.25) is 5.02 Å². The summed E-state index contributed by atoms with van der Waals surface area (Å²) in [6, 6.07) is 3.54. The number of rotatable bonds is 3. The summed E-state index contributed by atoms with van der Waals surface area (Å²) >= 11 is 6.10. The summed E-state index contributed by atoms with van der Waals surface area (Å²) in [4.78, 5) is 0. The highest BCUT2D eigenvalue weighted by atomic mass is 35.5. The number of nitrogens with one attached hydrogen (secondary N) is 1. The summed E-state index contributed by atoms with van der Waals surface area (Å²) in [6.45, 7) is 6.00. The van der Waals surface area contributed by atoms with E-state index in [2.05, 4.69) is 6.92 Å². The zero-order valence-corrected chi connectivity index (χ0v) is 10.2. The van der Waals surface area contributed by atoms with Crippen LogP contribution in [0.25, 0.3) is 0 Å². The van der Waals surface area contributed by atoms with Crippen molar-refractivity contribution in [3.05, 3.63) is 28.3 Å². The van der Waals surface area contributed by atoms with Gasteiger partial charge in [-0.15, -0.1) is 0 Å². The molecule has 0 amide bonds. The van der Waals surface area contributed by atoms with Gasteiger partial charge in [-0.3, -0.25) is 0 Å². The van der Waals surface area contributed by atoms with Gasteiger partial charge in [0.05, 0.1) is 5.02 Å². The molecule has 0 aliphatic rings. The standard InChI is InChI=1S/C12H17ClN2/c1-4-7(2)12(15)11-8(3)10(14)6-5-9(11)13/h5-7,15H,4,14H2,1-3H3. The molecule has 0 radical (unpaired) electrons. The molecule has 0 aromatic heterocycles. The van der Waals surface area contributed by atoms with E-state index >= 15 is 0 Å². The van der Waals surface area contributed by atoms with Gasteiger partial charge in [0.25, 0.3) is 0 Å². The second kappa shape index (κ2) is 4.67. The van der Waals surface area contributed by atoms with Crippen LogP contribution >= 0.6 is 11.6 Å². The molecule has 0 saturated carbocycles. The van der Waals surface area contributed by atoms with Crippen LogP contribution in [0.5, 0.6) is 0 Å². The summed E-state index contributed by atoms with van der Waals surface area (Å²) in [5, 5.41) is 8.69. The first-order valence-electron chi connectivity index (χ1n) is 5.12. The molecule has 1 atom stereocenters. The molecule has 0 aliphatic carbocycles. The maximum absolute atomic E-state index is 8.07. The average Bonchev–Trinajstić information content (AvgIpc) is 2.22. The van der Waals surface area contributed by atoms with Crippen molar-refractivity contribution in [3.8, 4) is 0 Å². The number of benzene rings is 1. The number of halogens is 1. The van der Waals surface area contributed by atoms with Crippen LogP contribution < -0.4 is 5.73 Å². The Bertz CT molecular complexity index is 385. The lowest BCUT2D eigenvalue weighted by Gasteiger charge is -2.16. The van der Waals surface area contributed by atoms with Crippen molar-refractivity contribution >= 4 is 23.0 Å². The van der Waals surface area contributed by atoms with Crippen LogP contribution in [0.1, 0.15) is 31.4 Å². The maximum atomic E-state index is 8.07. The summed E-state index contributed by atoms with van der Waals surface area (Å²) < 4.78 is 0. The van der Waals surface area contributed by atoms with E-state index < -0.39 is 0 Å². The van der Waals surface area contributed by atoms with E-state index in [4.69, 9.17) is 22.7 Å². The zero-order valence-electron chi connectivity index (χ0n) is 9.39. The molecule has 1 unspecified atom stereocenters. The smallest absolute Gasteiger partial charge is 0.0500 e. The molecule has 0 fully saturated rings. The van der Waals surface area contributed by atoms with Gasteiger partial charge < -0.3 is 11.1 Å². The van der Waals surface area contributed by atoms with Gasteiger partial charge in [0, 0.05) is 17.0 Å². The summed E-state index contributed by atoms with van der Waals surface area (Å²) in [6.07, 6.45) is 0.934. The predicted molar refractivity (Wildman–Crippen MR) is 66.9 cm³/mol. The number of hydrogen-bond donors (Lipinski definition) is 2. The third kappa shape index (κ3) is 2.32. The number of anilines is 1. The van der Waals surface area contributed by atoms with Crippen molar-refractivity contribution in [1.29, 1.82) is 5.41 Å². The molecule has 3 N–H and O–H groups in total. The Morgan fingerprint density at radius 1 is 1.53 bits per heavy atom. The SMILES string of the molecule is CCC(C)C(=N)c1c(Cl)ccc(N)c1C. The van der Waals surface area contributed by atoms with Crippen LogP contribution in [0.4, 0.5) is 5.69 Å². The first-order chi connectivity index (χ1) is 6.99. The largest absolute Gasteiger partial charge is 0.398 e. The minimum Gasteiger partial charge on any atom is -0.398 e. The van der Waals surface area contributed by atoms with E-state index in [9.17, 15) is 0 Å². The maximum Gasteiger partial charge on any atom is 0.0500 e. The van der Waals surface area contributed by atoms with Crippen LogP contribution in [-0.2, 0) is 0 Å². The third-order valence-corrected chi connectivity index (χ3v) is 3.15. The molecule has 1 aromatic carbocycles. The third-order valence-electron chi connectivity index (χ3n) is 2.83. The molecule has 1 aromatic rings.